The van der Waals surface area contributed by atoms with Crippen molar-refractivity contribution in [3.63, 3.8) is 0 Å². The molecule has 1 aromatic heterocycles. The average molecular weight is 298 g/mol. The number of nitrogens with zero attached hydrogens (tertiary/aromatic N) is 2. The number of rotatable bonds is 4. The smallest absolute Gasteiger partial charge is 0.342 e. The Morgan fingerprint density at radius 2 is 2.32 bits per heavy atom. The third-order valence-corrected chi connectivity index (χ3v) is 3.52. The second kappa shape index (κ2) is 5.54. The Morgan fingerprint density at radius 3 is 2.89 bits per heavy atom. The number of nitrogen functional groups attached to an aromatic ring is 1. The Bertz CT molecular complexity index is 627. The number of carboxylic acids is 1. The van der Waals surface area contributed by atoms with Crippen LogP contribution in [0.2, 0.25) is 5.02 Å². The molecule has 0 aliphatic carbocycles. The van der Waals surface area contributed by atoms with E-state index in [2.05, 4.69) is 5.10 Å². The number of halogens is 1. The van der Waals surface area contributed by atoms with Crippen molar-refractivity contribution in [2.24, 2.45) is 0 Å². The molecule has 5 nitrogen and oxygen atoms in total. The zero-order valence-corrected chi connectivity index (χ0v) is 11.7. The minimum absolute atomic E-state index is 0.0341. The van der Waals surface area contributed by atoms with Crippen molar-refractivity contribution >= 4 is 35.1 Å². The number of aromatic carboxylic acids is 1. The molecule has 0 bridgehead atoms. The summed E-state index contributed by atoms with van der Waals surface area (Å²) >= 11 is 7.25. The fourth-order valence-corrected chi connectivity index (χ4v) is 2.59. The topological polar surface area (TPSA) is 81.1 Å². The molecule has 0 amide bonds. The van der Waals surface area contributed by atoms with Gasteiger partial charge in [-0.15, -0.1) is 11.8 Å². The van der Waals surface area contributed by atoms with Crippen LogP contribution in [-0.2, 0) is 0 Å². The van der Waals surface area contributed by atoms with Crippen LogP contribution in [0.3, 0.4) is 0 Å². The number of benzene rings is 1. The third kappa shape index (κ3) is 2.69. The average Bonchev–Trinajstić information content (AvgIpc) is 2.67. The molecule has 7 heteroatoms. The second-order valence-corrected chi connectivity index (χ2v) is 5.38. The molecule has 19 heavy (non-hydrogen) atoms. The summed E-state index contributed by atoms with van der Waals surface area (Å²) < 4.78 is 1.40. The van der Waals surface area contributed by atoms with Crippen molar-refractivity contribution in [3.05, 3.63) is 34.9 Å². The molecule has 0 unspecified atom stereocenters. The van der Waals surface area contributed by atoms with E-state index in [1.165, 1.54) is 16.4 Å². The number of hydrogen-bond donors (Lipinski definition) is 2. The Hall–Kier alpha value is -1.66. The van der Waals surface area contributed by atoms with E-state index in [0.29, 0.717) is 21.5 Å². The molecule has 2 rings (SSSR count). The van der Waals surface area contributed by atoms with Gasteiger partial charge in [-0.25, -0.2) is 9.48 Å². The minimum atomic E-state index is -1.08. The van der Waals surface area contributed by atoms with E-state index in [-0.39, 0.29) is 11.4 Å². The highest BCUT2D eigenvalue weighted by Gasteiger charge is 2.22. The van der Waals surface area contributed by atoms with E-state index in [9.17, 15) is 9.90 Å². The van der Waals surface area contributed by atoms with Crippen LogP contribution >= 0.6 is 23.4 Å². The van der Waals surface area contributed by atoms with Gasteiger partial charge < -0.3 is 10.8 Å². The van der Waals surface area contributed by atoms with E-state index in [1.807, 2.05) is 6.92 Å². The first kappa shape index (κ1) is 13.8. The maximum absolute atomic E-state index is 11.3. The summed E-state index contributed by atoms with van der Waals surface area (Å²) in [4.78, 5) is 11.3. The van der Waals surface area contributed by atoms with E-state index >= 15 is 0 Å². The van der Waals surface area contributed by atoms with Crippen molar-refractivity contribution in [2.75, 3.05) is 11.5 Å². The van der Waals surface area contributed by atoms with Crippen LogP contribution in [0.15, 0.2) is 29.3 Å². The molecule has 0 saturated heterocycles. The first-order valence-corrected chi connectivity index (χ1v) is 6.91. The molecule has 2 aromatic rings. The lowest BCUT2D eigenvalue weighted by molar-refractivity contribution is 0.0694. The SMILES string of the molecule is CCSc1nn(-c2cccc(Cl)c2)c(N)c1C(=O)O. The van der Waals surface area contributed by atoms with Crippen molar-refractivity contribution in [2.45, 2.75) is 11.9 Å². The Kier molecular flexibility index (Phi) is 4.01. The quantitative estimate of drug-likeness (QED) is 0.848. The number of carboxylic acid groups (broad SMARTS) is 1. The van der Waals surface area contributed by atoms with Crippen molar-refractivity contribution in [1.82, 2.24) is 9.78 Å². The second-order valence-electron chi connectivity index (χ2n) is 3.70. The molecule has 3 N–H and O–H groups in total. The van der Waals surface area contributed by atoms with Gasteiger partial charge in [-0.3, -0.25) is 0 Å². The van der Waals surface area contributed by atoms with Gasteiger partial charge in [-0.05, 0) is 24.0 Å². The molecule has 100 valence electrons. The predicted octanol–water partition coefficient (Wildman–Crippen LogP) is 2.92. The van der Waals surface area contributed by atoms with Gasteiger partial charge in [0.2, 0.25) is 0 Å². The van der Waals surface area contributed by atoms with Gasteiger partial charge in [0, 0.05) is 5.02 Å². The molecule has 0 atom stereocenters. The zero-order valence-electron chi connectivity index (χ0n) is 10.1. The van der Waals surface area contributed by atoms with Crippen LogP contribution < -0.4 is 5.73 Å². The molecule has 0 spiro atoms. The van der Waals surface area contributed by atoms with E-state index < -0.39 is 5.97 Å². The van der Waals surface area contributed by atoms with E-state index in [4.69, 9.17) is 17.3 Å². The fraction of sp³-hybridized carbons (Fsp3) is 0.167. The molecule has 0 saturated carbocycles. The standard InChI is InChI=1S/C12H12ClN3O2S/c1-2-19-11-9(12(17)18)10(14)16(15-11)8-5-3-4-7(13)6-8/h3-6H,2,14H2,1H3,(H,17,18). The first-order chi connectivity index (χ1) is 9.04. The van der Waals surface area contributed by atoms with Crippen molar-refractivity contribution in [1.29, 1.82) is 0 Å². The highest BCUT2D eigenvalue weighted by Crippen LogP contribution is 2.29. The van der Waals surface area contributed by atoms with Crippen LogP contribution in [0.5, 0.6) is 0 Å². The van der Waals surface area contributed by atoms with Crippen LogP contribution in [-0.4, -0.2) is 26.6 Å². The van der Waals surface area contributed by atoms with Crippen LogP contribution in [0, 0.1) is 0 Å². The summed E-state index contributed by atoms with van der Waals surface area (Å²) in [6.07, 6.45) is 0. The van der Waals surface area contributed by atoms with Crippen LogP contribution in [0.4, 0.5) is 5.82 Å². The van der Waals surface area contributed by atoms with Gasteiger partial charge >= 0.3 is 5.97 Å². The number of aromatic nitrogens is 2. The fourth-order valence-electron chi connectivity index (χ4n) is 1.65. The van der Waals surface area contributed by atoms with Gasteiger partial charge in [-0.2, -0.15) is 5.10 Å². The predicted molar refractivity (Wildman–Crippen MR) is 76.3 cm³/mol. The number of anilines is 1. The van der Waals surface area contributed by atoms with Gasteiger partial charge in [-0.1, -0.05) is 24.6 Å². The number of nitrogens with two attached hydrogens (primary N) is 1. The number of carbonyl (C=O) groups is 1. The lowest BCUT2D eigenvalue weighted by atomic mass is 10.3. The largest absolute Gasteiger partial charge is 0.477 e. The third-order valence-electron chi connectivity index (χ3n) is 2.44. The lowest BCUT2D eigenvalue weighted by Crippen LogP contribution is -2.05. The molecule has 0 aliphatic rings. The van der Waals surface area contributed by atoms with Crippen molar-refractivity contribution in [3.8, 4) is 5.69 Å². The molecule has 0 aliphatic heterocycles. The Morgan fingerprint density at radius 1 is 1.58 bits per heavy atom. The molecule has 0 radical (unpaired) electrons. The van der Waals surface area contributed by atoms with Crippen LogP contribution in [0.1, 0.15) is 17.3 Å². The highest BCUT2D eigenvalue weighted by atomic mass is 35.5. The van der Waals surface area contributed by atoms with E-state index in [0.717, 1.165) is 0 Å². The summed E-state index contributed by atoms with van der Waals surface area (Å²) in [7, 11) is 0. The normalized spacial score (nSPS) is 10.6. The molecule has 0 fully saturated rings. The van der Waals surface area contributed by atoms with Gasteiger partial charge in [0.05, 0.1) is 5.69 Å². The van der Waals surface area contributed by atoms with Crippen LogP contribution in [0.25, 0.3) is 5.69 Å². The Balaban J connectivity index is 2.59. The summed E-state index contributed by atoms with van der Waals surface area (Å²) in [5.74, 6) is -0.265. The first-order valence-electron chi connectivity index (χ1n) is 5.55. The van der Waals surface area contributed by atoms with E-state index in [1.54, 1.807) is 24.3 Å². The molecular formula is C12H12ClN3O2S. The summed E-state index contributed by atoms with van der Waals surface area (Å²) in [6, 6.07) is 6.93. The molecular weight excluding hydrogens is 286 g/mol. The lowest BCUT2D eigenvalue weighted by Gasteiger charge is -2.04. The minimum Gasteiger partial charge on any atom is -0.477 e. The number of hydrogen-bond acceptors (Lipinski definition) is 4. The maximum Gasteiger partial charge on any atom is 0.342 e. The Labute approximate surface area is 119 Å². The van der Waals surface area contributed by atoms with Gasteiger partial charge in [0.1, 0.15) is 16.4 Å². The summed E-state index contributed by atoms with van der Waals surface area (Å²) in [5, 5.41) is 14.4. The molecule has 1 heterocycles. The van der Waals surface area contributed by atoms with Gasteiger partial charge in [0.15, 0.2) is 0 Å². The zero-order chi connectivity index (χ0) is 14.0. The maximum atomic E-state index is 11.3. The number of thioether (sulfide) groups is 1. The molecule has 1 aromatic carbocycles. The monoisotopic (exact) mass is 297 g/mol. The summed E-state index contributed by atoms with van der Waals surface area (Å²) in [5.41, 5.74) is 6.55. The van der Waals surface area contributed by atoms with Crippen molar-refractivity contribution < 1.29 is 9.90 Å². The highest BCUT2D eigenvalue weighted by molar-refractivity contribution is 7.99. The summed E-state index contributed by atoms with van der Waals surface area (Å²) in [6.45, 7) is 1.92. The van der Waals surface area contributed by atoms with Gasteiger partial charge in [0.25, 0.3) is 0 Å².